The highest BCUT2D eigenvalue weighted by atomic mass is 32.1. The molecule has 0 saturated carbocycles. The van der Waals surface area contributed by atoms with E-state index in [1.54, 1.807) is 0 Å². The second kappa shape index (κ2) is 6.85. The van der Waals surface area contributed by atoms with Crippen LogP contribution in [0.4, 0.5) is 14.5 Å². The monoisotopic (exact) mass is 373 g/mol. The Morgan fingerprint density at radius 3 is 2.77 bits per heavy atom. The molecule has 0 unspecified atom stereocenters. The summed E-state index contributed by atoms with van der Waals surface area (Å²) in [6, 6.07) is 7.14. The number of para-hydroxylation sites is 1. The van der Waals surface area contributed by atoms with Gasteiger partial charge in [-0.2, -0.15) is 4.99 Å². The van der Waals surface area contributed by atoms with Crippen LogP contribution in [0, 0.1) is 34.1 Å². The average Bonchev–Trinajstić information content (AvgIpc) is 2.92. The Balaban J connectivity index is 2.24. The van der Waals surface area contributed by atoms with Crippen molar-refractivity contribution >= 4 is 33.1 Å². The third-order valence-electron chi connectivity index (χ3n) is 3.47. The summed E-state index contributed by atoms with van der Waals surface area (Å²) in [6.07, 6.45) is 5.29. The lowest BCUT2D eigenvalue weighted by Gasteiger charge is -2.01. The van der Waals surface area contributed by atoms with Gasteiger partial charge in [0.25, 0.3) is 11.6 Å². The highest BCUT2D eigenvalue weighted by molar-refractivity contribution is 7.16. The minimum Gasteiger partial charge on any atom is -0.302 e. The molecule has 1 amide bonds. The Bertz CT molecular complexity index is 1160. The minimum absolute atomic E-state index is 0.0171. The van der Waals surface area contributed by atoms with Gasteiger partial charge in [0.1, 0.15) is 11.4 Å². The normalized spacial score (nSPS) is 11.5. The number of amides is 1. The van der Waals surface area contributed by atoms with Crippen LogP contribution < -0.4 is 4.80 Å². The lowest BCUT2D eigenvalue weighted by atomic mass is 10.2. The van der Waals surface area contributed by atoms with Crippen LogP contribution in [-0.2, 0) is 6.54 Å². The number of hydrogen-bond acceptors (Lipinski definition) is 4. The van der Waals surface area contributed by atoms with E-state index in [1.165, 1.54) is 28.8 Å². The third kappa shape index (κ3) is 3.10. The number of carbonyl (C=O) groups is 1. The molecule has 0 atom stereocenters. The van der Waals surface area contributed by atoms with E-state index in [0.29, 0.717) is 6.07 Å². The predicted molar refractivity (Wildman–Crippen MR) is 91.6 cm³/mol. The molecule has 0 fully saturated rings. The molecule has 0 aliphatic carbocycles. The fourth-order valence-corrected chi connectivity index (χ4v) is 3.48. The van der Waals surface area contributed by atoms with E-state index in [2.05, 4.69) is 10.9 Å². The summed E-state index contributed by atoms with van der Waals surface area (Å²) in [6.45, 7) is -0.106. The number of hydrogen-bond donors (Lipinski definition) is 0. The molecule has 0 saturated heterocycles. The molecule has 3 aromatic rings. The fraction of sp³-hybridized carbons (Fsp3) is 0.0588. The van der Waals surface area contributed by atoms with Crippen LogP contribution in [0.1, 0.15) is 10.4 Å². The van der Waals surface area contributed by atoms with Gasteiger partial charge in [-0.1, -0.05) is 29.4 Å². The van der Waals surface area contributed by atoms with Gasteiger partial charge in [0.15, 0.2) is 10.6 Å². The fourth-order valence-electron chi connectivity index (χ4n) is 2.41. The molecule has 0 bridgehead atoms. The standard InChI is InChI=1S/C17H9F2N3O3S/c1-2-7-21-15-12(19)8-10(18)9-14(15)26-17(21)20-16(23)11-5-3-4-6-13(11)22(24)25/h1,3-6,8-9H,7H2. The summed E-state index contributed by atoms with van der Waals surface area (Å²) in [5, 5.41) is 11.1. The van der Waals surface area contributed by atoms with Gasteiger partial charge in [0.2, 0.25) is 0 Å². The van der Waals surface area contributed by atoms with Crippen molar-refractivity contribution in [3.63, 3.8) is 0 Å². The molecular formula is C17H9F2N3O3S. The number of aromatic nitrogens is 1. The predicted octanol–water partition coefficient (Wildman–Crippen LogP) is 3.26. The molecule has 0 radical (unpaired) electrons. The summed E-state index contributed by atoms with van der Waals surface area (Å²) < 4.78 is 29.0. The van der Waals surface area contributed by atoms with Gasteiger partial charge in [0, 0.05) is 12.1 Å². The number of nitrogens with zero attached hydrogens (tertiary/aromatic N) is 3. The maximum atomic E-state index is 14.1. The Morgan fingerprint density at radius 1 is 1.35 bits per heavy atom. The molecule has 6 nitrogen and oxygen atoms in total. The number of fused-ring (bicyclic) bond motifs is 1. The number of rotatable bonds is 3. The summed E-state index contributed by atoms with van der Waals surface area (Å²) >= 11 is 0.859. The number of thiazole rings is 1. The maximum Gasteiger partial charge on any atom is 0.286 e. The quantitative estimate of drug-likeness (QED) is 0.402. The van der Waals surface area contributed by atoms with Crippen LogP contribution in [-0.4, -0.2) is 15.4 Å². The van der Waals surface area contributed by atoms with E-state index in [1.807, 2.05) is 0 Å². The van der Waals surface area contributed by atoms with Crippen LogP contribution in [0.3, 0.4) is 0 Å². The highest BCUT2D eigenvalue weighted by Crippen LogP contribution is 2.23. The summed E-state index contributed by atoms with van der Waals surface area (Å²) in [7, 11) is 0. The highest BCUT2D eigenvalue weighted by Gasteiger charge is 2.20. The van der Waals surface area contributed by atoms with Crippen LogP contribution in [0.5, 0.6) is 0 Å². The van der Waals surface area contributed by atoms with Crippen molar-refractivity contribution in [1.29, 1.82) is 0 Å². The third-order valence-corrected chi connectivity index (χ3v) is 4.50. The SMILES string of the molecule is C#CCn1c(=NC(=O)c2ccccc2[N+](=O)[O-])sc2cc(F)cc(F)c21. The first-order valence-corrected chi connectivity index (χ1v) is 7.98. The molecule has 9 heteroatoms. The molecule has 3 rings (SSSR count). The van der Waals surface area contributed by atoms with E-state index < -0.39 is 28.2 Å². The first-order valence-electron chi connectivity index (χ1n) is 7.16. The average molecular weight is 373 g/mol. The smallest absolute Gasteiger partial charge is 0.286 e. The Hall–Kier alpha value is -3.38. The van der Waals surface area contributed by atoms with Gasteiger partial charge < -0.3 is 4.57 Å². The van der Waals surface area contributed by atoms with Crippen molar-refractivity contribution in [2.24, 2.45) is 4.99 Å². The Kier molecular flexibility index (Phi) is 4.60. The largest absolute Gasteiger partial charge is 0.302 e. The molecule has 0 aliphatic rings. The maximum absolute atomic E-state index is 14.1. The van der Waals surface area contributed by atoms with E-state index in [4.69, 9.17) is 6.42 Å². The number of halogens is 2. The lowest BCUT2D eigenvalue weighted by molar-refractivity contribution is -0.385. The first kappa shape index (κ1) is 17.4. The molecule has 130 valence electrons. The summed E-state index contributed by atoms with van der Waals surface area (Å²) in [5.74, 6) is -0.181. The van der Waals surface area contributed by atoms with Crippen molar-refractivity contribution in [3.8, 4) is 12.3 Å². The van der Waals surface area contributed by atoms with Gasteiger partial charge in [-0.15, -0.1) is 6.42 Å². The Labute approximate surface area is 149 Å². The molecule has 1 heterocycles. The van der Waals surface area contributed by atoms with E-state index >= 15 is 0 Å². The molecular weight excluding hydrogens is 364 g/mol. The van der Waals surface area contributed by atoms with Crippen LogP contribution in [0.25, 0.3) is 10.2 Å². The van der Waals surface area contributed by atoms with Crippen molar-refractivity contribution in [2.45, 2.75) is 6.54 Å². The first-order chi connectivity index (χ1) is 12.4. The van der Waals surface area contributed by atoms with Gasteiger partial charge in [-0.25, -0.2) is 8.78 Å². The van der Waals surface area contributed by atoms with Gasteiger partial charge >= 0.3 is 0 Å². The van der Waals surface area contributed by atoms with Crippen molar-refractivity contribution in [2.75, 3.05) is 0 Å². The lowest BCUT2D eigenvalue weighted by Crippen LogP contribution is -2.17. The molecule has 26 heavy (non-hydrogen) atoms. The molecule has 0 N–H and O–H groups in total. The van der Waals surface area contributed by atoms with Gasteiger partial charge in [0.05, 0.1) is 21.7 Å². The molecule has 0 spiro atoms. The Morgan fingerprint density at radius 2 is 2.08 bits per heavy atom. The van der Waals surface area contributed by atoms with Gasteiger partial charge in [-0.3, -0.25) is 14.9 Å². The minimum atomic E-state index is -0.879. The molecule has 1 aromatic heterocycles. The number of benzene rings is 2. The van der Waals surface area contributed by atoms with Gasteiger partial charge in [-0.05, 0) is 12.1 Å². The number of nitro benzene ring substituents is 1. The summed E-state index contributed by atoms with van der Waals surface area (Å²) in [4.78, 5) is 26.7. The van der Waals surface area contributed by atoms with Crippen molar-refractivity contribution in [1.82, 2.24) is 4.57 Å². The number of carbonyl (C=O) groups excluding carboxylic acids is 1. The topological polar surface area (TPSA) is 77.5 Å². The zero-order chi connectivity index (χ0) is 18.8. The zero-order valence-electron chi connectivity index (χ0n) is 13.0. The molecule has 0 aliphatic heterocycles. The van der Waals surface area contributed by atoms with E-state index in [9.17, 15) is 23.7 Å². The van der Waals surface area contributed by atoms with Crippen molar-refractivity contribution < 1.29 is 18.5 Å². The van der Waals surface area contributed by atoms with Crippen LogP contribution in [0.2, 0.25) is 0 Å². The van der Waals surface area contributed by atoms with E-state index in [-0.39, 0.29) is 27.1 Å². The molecule has 2 aromatic carbocycles. The van der Waals surface area contributed by atoms with Crippen LogP contribution in [0.15, 0.2) is 41.4 Å². The van der Waals surface area contributed by atoms with Crippen molar-refractivity contribution in [3.05, 3.63) is 68.5 Å². The van der Waals surface area contributed by atoms with E-state index in [0.717, 1.165) is 17.4 Å². The second-order valence-corrected chi connectivity index (χ2v) is 6.11. The zero-order valence-corrected chi connectivity index (χ0v) is 13.8. The summed E-state index contributed by atoms with van der Waals surface area (Å²) in [5.41, 5.74) is -0.597. The number of terminal acetylenes is 1. The second-order valence-electron chi connectivity index (χ2n) is 5.10. The number of nitro groups is 1. The van der Waals surface area contributed by atoms with Crippen LogP contribution >= 0.6 is 11.3 Å².